The molecule has 1 atom stereocenters. The first kappa shape index (κ1) is 20.0. The number of carbonyl (C=O) groups is 1. The Labute approximate surface area is 167 Å². The molecule has 8 heteroatoms. The summed E-state index contributed by atoms with van der Waals surface area (Å²) in [6.07, 6.45) is -0.713. The van der Waals surface area contributed by atoms with Gasteiger partial charge in [-0.1, -0.05) is 36.0 Å². The lowest BCUT2D eigenvalue weighted by Crippen LogP contribution is -2.20. The standard InChI is InChI=1S/C20H22N4O3S/c1-13-7-8-14(2)19(9-13)24-20(21-22-23-24)28-12-17(26)11-27-18-6-4-5-16(10-18)15(3)25/h4-10,17,26H,11-12H2,1-3H3/t17-/m1/s1. The number of aryl methyl sites for hydroxylation is 2. The van der Waals surface area contributed by atoms with Gasteiger partial charge in [0.15, 0.2) is 5.78 Å². The molecule has 0 saturated carbocycles. The van der Waals surface area contributed by atoms with E-state index in [1.165, 1.54) is 18.7 Å². The number of ketones is 1. The maximum atomic E-state index is 11.4. The number of aromatic nitrogens is 4. The number of aliphatic hydroxyl groups excluding tert-OH is 1. The van der Waals surface area contributed by atoms with Crippen LogP contribution in [0.15, 0.2) is 47.6 Å². The second kappa shape index (κ2) is 8.99. The van der Waals surface area contributed by atoms with Gasteiger partial charge in [0, 0.05) is 11.3 Å². The van der Waals surface area contributed by atoms with Gasteiger partial charge >= 0.3 is 0 Å². The highest BCUT2D eigenvalue weighted by molar-refractivity contribution is 7.99. The first-order valence-electron chi connectivity index (χ1n) is 8.84. The fraction of sp³-hybridized carbons (Fsp3) is 0.300. The summed E-state index contributed by atoms with van der Waals surface area (Å²) in [6, 6.07) is 13.0. The maximum absolute atomic E-state index is 11.4. The lowest BCUT2D eigenvalue weighted by Gasteiger charge is -2.13. The second-order valence-corrected chi connectivity index (χ2v) is 7.51. The monoisotopic (exact) mass is 398 g/mol. The summed E-state index contributed by atoms with van der Waals surface area (Å²) in [5.74, 6) is 0.897. The van der Waals surface area contributed by atoms with Gasteiger partial charge in [-0.2, -0.15) is 4.68 Å². The van der Waals surface area contributed by atoms with Crippen molar-refractivity contribution in [2.24, 2.45) is 0 Å². The van der Waals surface area contributed by atoms with Gasteiger partial charge in [-0.05, 0) is 60.5 Å². The van der Waals surface area contributed by atoms with Crippen LogP contribution in [0.25, 0.3) is 5.69 Å². The van der Waals surface area contributed by atoms with Crippen LogP contribution in [0.2, 0.25) is 0 Å². The summed E-state index contributed by atoms with van der Waals surface area (Å²) in [4.78, 5) is 11.4. The van der Waals surface area contributed by atoms with Gasteiger partial charge in [0.1, 0.15) is 12.4 Å². The summed E-state index contributed by atoms with van der Waals surface area (Å²) < 4.78 is 7.28. The molecule has 0 aliphatic carbocycles. The lowest BCUT2D eigenvalue weighted by atomic mass is 10.1. The predicted octanol–water partition coefficient (Wildman–Crippen LogP) is 3.01. The molecular formula is C20H22N4O3S. The predicted molar refractivity (Wildman–Crippen MR) is 107 cm³/mol. The number of rotatable bonds is 8. The zero-order chi connectivity index (χ0) is 20.1. The number of hydrogen-bond acceptors (Lipinski definition) is 7. The lowest BCUT2D eigenvalue weighted by molar-refractivity contribution is 0.101. The van der Waals surface area contributed by atoms with E-state index in [4.69, 9.17) is 4.74 Å². The van der Waals surface area contributed by atoms with Crippen LogP contribution < -0.4 is 4.74 Å². The summed E-state index contributed by atoms with van der Waals surface area (Å²) in [5, 5.41) is 22.8. The second-order valence-electron chi connectivity index (χ2n) is 6.52. The van der Waals surface area contributed by atoms with Crippen molar-refractivity contribution in [3.63, 3.8) is 0 Å². The molecule has 28 heavy (non-hydrogen) atoms. The number of aliphatic hydroxyl groups is 1. The Kier molecular flexibility index (Phi) is 6.43. The van der Waals surface area contributed by atoms with E-state index in [-0.39, 0.29) is 12.4 Å². The van der Waals surface area contributed by atoms with Crippen molar-refractivity contribution < 1.29 is 14.6 Å². The van der Waals surface area contributed by atoms with E-state index in [2.05, 4.69) is 15.5 Å². The Morgan fingerprint density at radius 2 is 2.07 bits per heavy atom. The first-order chi connectivity index (χ1) is 13.4. The molecular weight excluding hydrogens is 376 g/mol. The van der Waals surface area contributed by atoms with Gasteiger partial charge in [0.2, 0.25) is 5.16 Å². The number of Topliss-reactive ketones (excluding diaryl/α,β-unsaturated/α-hetero) is 1. The maximum Gasteiger partial charge on any atom is 0.214 e. The highest BCUT2D eigenvalue weighted by Gasteiger charge is 2.14. The van der Waals surface area contributed by atoms with E-state index in [0.717, 1.165) is 16.8 Å². The van der Waals surface area contributed by atoms with Crippen molar-refractivity contribution in [2.75, 3.05) is 12.4 Å². The van der Waals surface area contributed by atoms with Crippen molar-refractivity contribution >= 4 is 17.5 Å². The smallest absolute Gasteiger partial charge is 0.214 e. The molecule has 7 nitrogen and oxygen atoms in total. The topological polar surface area (TPSA) is 90.1 Å². The van der Waals surface area contributed by atoms with E-state index in [1.54, 1.807) is 28.9 Å². The SMILES string of the molecule is CC(=O)c1cccc(OC[C@@H](O)CSc2nnnn2-c2cc(C)ccc2C)c1. The third-order valence-corrected chi connectivity index (χ3v) is 5.19. The van der Waals surface area contributed by atoms with Crippen LogP contribution in [0.5, 0.6) is 5.75 Å². The average molecular weight is 398 g/mol. The molecule has 0 spiro atoms. The highest BCUT2D eigenvalue weighted by Crippen LogP contribution is 2.22. The zero-order valence-electron chi connectivity index (χ0n) is 16.0. The molecule has 0 aliphatic heterocycles. The molecule has 0 aliphatic rings. The Morgan fingerprint density at radius 3 is 2.86 bits per heavy atom. The van der Waals surface area contributed by atoms with Gasteiger partial charge in [0.25, 0.3) is 0 Å². The number of nitrogens with zero attached hydrogens (tertiary/aromatic N) is 4. The minimum Gasteiger partial charge on any atom is -0.491 e. The third-order valence-electron chi connectivity index (χ3n) is 4.12. The quantitative estimate of drug-likeness (QED) is 0.461. The largest absolute Gasteiger partial charge is 0.491 e. The van der Waals surface area contributed by atoms with Gasteiger partial charge in [-0.3, -0.25) is 4.79 Å². The Balaban J connectivity index is 1.59. The van der Waals surface area contributed by atoms with E-state index in [9.17, 15) is 9.90 Å². The van der Waals surface area contributed by atoms with Crippen LogP contribution in [0, 0.1) is 13.8 Å². The average Bonchev–Trinajstić information content (AvgIpc) is 3.15. The van der Waals surface area contributed by atoms with Crippen molar-refractivity contribution in [2.45, 2.75) is 32.0 Å². The Hall–Kier alpha value is -2.71. The Morgan fingerprint density at radius 1 is 1.25 bits per heavy atom. The van der Waals surface area contributed by atoms with Crippen LogP contribution in [0.1, 0.15) is 28.4 Å². The minimum atomic E-state index is -0.713. The fourth-order valence-electron chi connectivity index (χ4n) is 2.58. The molecule has 1 heterocycles. The molecule has 3 rings (SSSR count). The molecule has 0 fully saturated rings. The minimum absolute atomic E-state index is 0.0279. The van der Waals surface area contributed by atoms with Crippen molar-refractivity contribution in [1.82, 2.24) is 20.2 Å². The van der Waals surface area contributed by atoms with E-state index < -0.39 is 6.10 Å². The zero-order valence-corrected chi connectivity index (χ0v) is 16.8. The number of thioether (sulfide) groups is 1. The molecule has 0 radical (unpaired) electrons. The molecule has 3 aromatic rings. The first-order valence-corrected chi connectivity index (χ1v) is 9.83. The summed E-state index contributed by atoms with van der Waals surface area (Å²) in [5.41, 5.74) is 3.68. The van der Waals surface area contributed by atoms with E-state index in [0.29, 0.717) is 22.2 Å². The number of carbonyl (C=O) groups excluding carboxylic acids is 1. The molecule has 1 N–H and O–H groups in total. The molecule has 0 unspecified atom stereocenters. The van der Waals surface area contributed by atoms with Crippen LogP contribution >= 0.6 is 11.8 Å². The highest BCUT2D eigenvalue weighted by atomic mass is 32.2. The van der Waals surface area contributed by atoms with Crippen LogP contribution in [-0.2, 0) is 0 Å². The summed E-state index contributed by atoms with van der Waals surface area (Å²) in [7, 11) is 0. The van der Waals surface area contributed by atoms with Gasteiger partial charge in [-0.25, -0.2) is 0 Å². The van der Waals surface area contributed by atoms with Gasteiger partial charge in [-0.15, -0.1) is 5.10 Å². The number of tetrazole rings is 1. The number of ether oxygens (including phenoxy) is 1. The number of benzene rings is 2. The molecule has 0 bridgehead atoms. The molecule has 1 aromatic heterocycles. The fourth-order valence-corrected chi connectivity index (χ4v) is 3.37. The molecule has 146 valence electrons. The van der Waals surface area contributed by atoms with Gasteiger partial charge in [0.05, 0.1) is 11.8 Å². The summed E-state index contributed by atoms with van der Waals surface area (Å²) >= 11 is 1.36. The third kappa shape index (κ3) is 4.96. The Bertz CT molecular complexity index is 974. The van der Waals surface area contributed by atoms with E-state index in [1.807, 2.05) is 32.0 Å². The van der Waals surface area contributed by atoms with Gasteiger partial charge < -0.3 is 9.84 Å². The van der Waals surface area contributed by atoms with Crippen molar-refractivity contribution in [1.29, 1.82) is 0 Å². The van der Waals surface area contributed by atoms with Crippen LogP contribution in [-0.4, -0.2) is 49.6 Å². The molecule has 0 amide bonds. The molecule has 2 aromatic carbocycles. The van der Waals surface area contributed by atoms with Crippen LogP contribution in [0.4, 0.5) is 0 Å². The summed E-state index contributed by atoms with van der Waals surface area (Å²) in [6.45, 7) is 5.63. The van der Waals surface area contributed by atoms with E-state index >= 15 is 0 Å². The molecule has 0 saturated heterocycles. The number of hydrogen-bond donors (Lipinski definition) is 1. The van der Waals surface area contributed by atoms with Crippen molar-refractivity contribution in [3.05, 3.63) is 59.2 Å². The van der Waals surface area contributed by atoms with Crippen LogP contribution in [0.3, 0.4) is 0 Å². The normalized spacial score (nSPS) is 12.0. The van der Waals surface area contributed by atoms with Crippen molar-refractivity contribution in [3.8, 4) is 11.4 Å².